The number of hydrogen-bond donors (Lipinski definition) is 1. The maximum atomic E-state index is 12.3. The molecule has 0 aromatic carbocycles. The van der Waals surface area contributed by atoms with Crippen LogP contribution in [0.15, 0.2) is 10.7 Å². The molecule has 0 saturated carbocycles. The molecule has 1 N–H and O–H groups in total. The van der Waals surface area contributed by atoms with E-state index in [0.29, 0.717) is 43.6 Å². The molecule has 3 heterocycles. The van der Waals surface area contributed by atoms with E-state index in [1.54, 1.807) is 6.92 Å². The minimum Gasteiger partial charge on any atom is -0.435 e. The zero-order chi connectivity index (χ0) is 18.5. The van der Waals surface area contributed by atoms with E-state index in [0.717, 1.165) is 12.8 Å². The third-order valence-electron chi connectivity index (χ3n) is 4.56. The van der Waals surface area contributed by atoms with Crippen molar-refractivity contribution >= 4 is 11.8 Å². The van der Waals surface area contributed by atoms with E-state index in [2.05, 4.69) is 25.8 Å². The van der Waals surface area contributed by atoms with Crippen LogP contribution in [-0.4, -0.2) is 61.5 Å². The Morgan fingerprint density at radius 2 is 2.12 bits per heavy atom. The Labute approximate surface area is 150 Å². The molecule has 26 heavy (non-hydrogen) atoms. The van der Waals surface area contributed by atoms with Crippen molar-refractivity contribution in [3.05, 3.63) is 23.7 Å². The van der Waals surface area contributed by atoms with Crippen molar-refractivity contribution in [3.63, 3.8) is 0 Å². The normalized spacial score (nSPS) is 15.2. The fraction of sp³-hybridized carbons (Fsp3) is 0.625. The van der Waals surface area contributed by atoms with Gasteiger partial charge in [0.2, 0.25) is 11.7 Å². The second kappa shape index (κ2) is 8.07. The molecule has 1 saturated heterocycles. The molecule has 1 aliphatic heterocycles. The number of hydrogen-bond acceptors (Lipinski definition) is 7. The average molecular weight is 361 g/mol. The van der Waals surface area contributed by atoms with Crippen LogP contribution in [0.1, 0.15) is 41.9 Å². The van der Waals surface area contributed by atoms with Crippen LogP contribution in [0.2, 0.25) is 0 Å². The summed E-state index contributed by atoms with van der Waals surface area (Å²) in [7, 11) is 0. The first-order valence-electron chi connectivity index (χ1n) is 8.79. The lowest BCUT2D eigenvalue weighted by molar-refractivity contribution is -0.133. The standard InChI is InChI=1S/C16H23N7O3/c1-3-13-19-11(2)15(26-13)16(25)17-8-12-4-6-22(7-5-12)14(24)9-23-10-18-20-21-23/h10,12H,3-9H2,1-2H3,(H,17,25). The fourth-order valence-corrected chi connectivity index (χ4v) is 3.01. The summed E-state index contributed by atoms with van der Waals surface area (Å²) in [4.78, 5) is 30.5. The first-order chi connectivity index (χ1) is 12.6. The lowest BCUT2D eigenvalue weighted by Gasteiger charge is -2.32. The van der Waals surface area contributed by atoms with Gasteiger partial charge >= 0.3 is 0 Å². The molecule has 1 fully saturated rings. The number of nitrogens with one attached hydrogen (secondary N) is 1. The van der Waals surface area contributed by atoms with Crippen LogP contribution in [0.3, 0.4) is 0 Å². The molecular weight excluding hydrogens is 338 g/mol. The van der Waals surface area contributed by atoms with Crippen LogP contribution in [0, 0.1) is 12.8 Å². The molecule has 2 aromatic heterocycles. The van der Waals surface area contributed by atoms with E-state index >= 15 is 0 Å². The average Bonchev–Trinajstić information content (AvgIpc) is 3.29. The van der Waals surface area contributed by atoms with Crippen molar-refractivity contribution in [3.8, 4) is 0 Å². The van der Waals surface area contributed by atoms with Gasteiger partial charge in [0, 0.05) is 26.1 Å². The summed E-state index contributed by atoms with van der Waals surface area (Å²) in [6, 6.07) is 0. The van der Waals surface area contributed by atoms with Crippen molar-refractivity contribution < 1.29 is 14.0 Å². The predicted octanol–water partition coefficient (Wildman–Crippen LogP) is 0.201. The minimum atomic E-state index is -0.230. The van der Waals surface area contributed by atoms with Gasteiger partial charge in [0.15, 0.2) is 5.89 Å². The molecule has 0 spiro atoms. The van der Waals surface area contributed by atoms with Gasteiger partial charge in [-0.2, -0.15) is 0 Å². The topological polar surface area (TPSA) is 119 Å². The summed E-state index contributed by atoms with van der Waals surface area (Å²) in [5.41, 5.74) is 0.613. The number of amides is 2. The van der Waals surface area contributed by atoms with E-state index in [1.165, 1.54) is 11.0 Å². The Morgan fingerprint density at radius 3 is 2.73 bits per heavy atom. The van der Waals surface area contributed by atoms with Gasteiger partial charge in [0.25, 0.3) is 5.91 Å². The second-order valence-corrected chi connectivity index (χ2v) is 6.42. The minimum absolute atomic E-state index is 0.00386. The Bertz CT molecular complexity index is 748. The van der Waals surface area contributed by atoms with Crippen LogP contribution in [0.4, 0.5) is 0 Å². The van der Waals surface area contributed by atoms with Crippen molar-refractivity contribution in [2.24, 2.45) is 5.92 Å². The Balaban J connectivity index is 1.43. The summed E-state index contributed by atoms with van der Waals surface area (Å²) in [6.07, 6.45) is 3.77. The molecule has 2 amide bonds. The third kappa shape index (κ3) is 4.24. The van der Waals surface area contributed by atoms with E-state index < -0.39 is 0 Å². The molecule has 10 nitrogen and oxygen atoms in total. The molecule has 0 atom stereocenters. The highest BCUT2D eigenvalue weighted by atomic mass is 16.4. The van der Waals surface area contributed by atoms with Gasteiger partial charge in [-0.3, -0.25) is 9.59 Å². The number of carbonyl (C=O) groups is 2. The van der Waals surface area contributed by atoms with Gasteiger partial charge in [-0.05, 0) is 36.1 Å². The van der Waals surface area contributed by atoms with E-state index in [1.807, 2.05) is 11.8 Å². The first kappa shape index (κ1) is 18.0. The summed E-state index contributed by atoms with van der Waals surface area (Å²) in [5.74, 6) is 0.971. The van der Waals surface area contributed by atoms with E-state index in [-0.39, 0.29) is 24.1 Å². The molecule has 140 valence electrons. The van der Waals surface area contributed by atoms with Gasteiger partial charge in [-0.15, -0.1) is 5.10 Å². The molecule has 1 aliphatic rings. The Morgan fingerprint density at radius 1 is 1.35 bits per heavy atom. The number of oxazole rings is 1. The quantitative estimate of drug-likeness (QED) is 0.780. The van der Waals surface area contributed by atoms with Crippen molar-refractivity contribution in [1.29, 1.82) is 0 Å². The number of likely N-dealkylation sites (tertiary alicyclic amines) is 1. The lowest BCUT2D eigenvalue weighted by Crippen LogP contribution is -2.42. The highest BCUT2D eigenvalue weighted by Gasteiger charge is 2.24. The van der Waals surface area contributed by atoms with Crippen LogP contribution in [-0.2, 0) is 17.8 Å². The number of aromatic nitrogens is 5. The third-order valence-corrected chi connectivity index (χ3v) is 4.56. The summed E-state index contributed by atoms with van der Waals surface area (Å²) >= 11 is 0. The van der Waals surface area contributed by atoms with Crippen LogP contribution in [0.25, 0.3) is 0 Å². The van der Waals surface area contributed by atoms with Crippen LogP contribution >= 0.6 is 0 Å². The number of nitrogens with zero attached hydrogens (tertiary/aromatic N) is 6. The lowest BCUT2D eigenvalue weighted by atomic mass is 9.96. The Kier molecular flexibility index (Phi) is 5.59. The fourth-order valence-electron chi connectivity index (χ4n) is 3.01. The smallest absolute Gasteiger partial charge is 0.289 e. The molecule has 3 rings (SSSR count). The summed E-state index contributed by atoms with van der Waals surface area (Å²) < 4.78 is 6.88. The summed E-state index contributed by atoms with van der Waals surface area (Å²) in [6.45, 7) is 5.76. The van der Waals surface area contributed by atoms with Gasteiger partial charge < -0.3 is 14.6 Å². The zero-order valence-electron chi connectivity index (χ0n) is 15.0. The van der Waals surface area contributed by atoms with Gasteiger partial charge in [-0.1, -0.05) is 6.92 Å². The molecule has 0 unspecified atom stereocenters. The van der Waals surface area contributed by atoms with Gasteiger partial charge in [-0.25, -0.2) is 9.67 Å². The number of rotatable bonds is 6. The molecule has 0 aliphatic carbocycles. The molecule has 10 heteroatoms. The van der Waals surface area contributed by atoms with E-state index in [4.69, 9.17) is 4.42 Å². The van der Waals surface area contributed by atoms with Gasteiger partial charge in [0.1, 0.15) is 12.9 Å². The molecule has 0 bridgehead atoms. The summed E-state index contributed by atoms with van der Waals surface area (Å²) in [5, 5.41) is 13.7. The van der Waals surface area contributed by atoms with Gasteiger partial charge in [0.05, 0.1) is 5.69 Å². The predicted molar refractivity (Wildman–Crippen MR) is 90.1 cm³/mol. The second-order valence-electron chi connectivity index (χ2n) is 6.42. The maximum Gasteiger partial charge on any atom is 0.289 e. The monoisotopic (exact) mass is 361 g/mol. The SMILES string of the molecule is CCc1nc(C)c(C(=O)NCC2CCN(C(=O)Cn3cnnn3)CC2)o1. The zero-order valence-corrected chi connectivity index (χ0v) is 15.0. The number of piperidine rings is 1. The Hall–Kier alpha value is -2.78. The number of carbonyl (C=O) groups excluding carboxylic acids is 2. The number of aryl methyl sites for hydroxylation is 2. The highest BCUT2D eigenvalue weighted by Crippen LogP contribution is 2.17. The van der Waals surface area contributed by atoms with E-state index in [9.17, 15) is 9.59 Å². The number of tetrazole rings is 1. The maximum absolute atomic E-state index is 12.3. The van der Waals surface area contributed by atoms with Crippen LogP contribution < -0.4 is 5.32 Å². The molecule has 2 aromatic rings. The van der Waals surface area contributed by atoms with Crippen molar-refractivity contribution in [1.82, 2.24) is 35.4 Å². The van der Waals surface area contributed by atoms with Crippen LogP contribution in [0.5, 0.6) is 0 Å². The van der Waals surface area contributed by atoms with Crippen molar-refractivity contribution in [2.45, 2.75) is 39.7 Å². The highest BCUT2D eigenvalue weighted by molar-refractivity contribution is 5.92. The molecular formula is C16H23N7O3. The molecule has 0 radical (unpaired) electrons. The first-order valence-corrected chi connectivity index (χ1v) is 8.79. The van der Waals surface area contributed by atoms with Crippen molar-refractivity contribution in [2.75, 3.05) is 19.6 Å². The largest absolute Gasteiger partial charge is 0.435 e.